The molecule has 2 nitrogen and oxygen atoms in total. The van der Waals surface area contributed by atoms with E-state index in [4.69, 9.17) is 0 Å². The van der Waals surface area contributed by atoms with Crippen LogP contribution >= 0.6 is 0 Å². The predicted molar refractivity (Wildman–Crippen MR) is 67.5 cm³/mol. The van der Waals surface area contributed by atoms with Crippen molar-refractivity contribution in [1.82, 2.24) is 0 Å². The van der Waals surface area contributed by atoms with Gasteiger partial charge in [-0.1, -0.05) is 18.1 Å². The Balaban J connectivity index is 2.18. The zero-order chi connectivity index (χ0) is 12.6. The Bertz CT molecular complexity index is 405. The van der Waals surface area contributed by atoms with Crippen LogP contribution in [0.15, 0.2) is 11.1 Å². The highest BCUT2D eigenvalue weighted by Gasteiger charge is 2.72. The molecule has 96 valence electrons. The molecular weight excluding hydrogens is 212 g/mol. The van der Waals surface area contributed by atoms with Gasteiger partial charge < -0.3 is 10.2 Å². The number of hydrogen-bond donors (Lipinski definition) is 2. The molecule has 0 radical (unpaired) electrons. The molecule has 0 heterocycles. The molecule has 5 atom stereocenters. The van der Waals surface area contributed by atoms with Crippen LogP contribution in [0.2, 0.25) is 0 Å². The van der Waals surface area contributed by atoms with E-state index in [1.807, 2.05) is 6.92 Å². The van der Waals surface area contributed by atoms with Gasteiger partial charge in [-0.15, -0.1) is 0 Å². The van der Waals surface area contributed by atoms with Crippen molar-refractivity contribution >= 4 is 0 Å². The Morgan fingerprint density at radius 1 is 1.24 bits per heavy atom. The van der Waals surface area contributed by atoms with Gasteiger partial charge in [-0.25, -0.2) is 0 Å². The van der Waals surface area contributed by atoms with Crippen LogP contribution in [0.1, 0.15) is 53.4 Å². The summed E-state index contributed by atoms with van der Waals surface area (Å²) >= 11 is 0. The molecule has 0 aromatic heterocycles. The Kier molecular flexibility index (Phi) is 2.05. The third-order valence-corrected chi connectivity index (χ3v) is 6.22. The monoisotopic (exact) mass is 236 g/mol. The lowest BCUT2D eigenvalue weighted by atomic mass is 9.58. The van der Waals surface area contributed by atoms with Crippen LogP contribution in [0.3, 0.4) is 0 Å². The van der Waals surface area contributed by atoms with Crippen molar-refractivity contribution in [2.75, 3.05) is 0 Å². The van der Waals surface area contributed by atoms with Crippen molar-refractivity contribution in [3.63, 3.8) is 0 Å². The first kappa shape index (κ1) is 11.7. The molecule has 0 saturated heterocycles. The molecule has 3 fully saturated rings. The van der Waals surface area contributed by atoms with Crippen molar-refractivity contribution in [2.24, 2.45) is 17.3 Å². The maximum atomic E-state index is 11.0. The van der Waals surface area contributed by atoms with Gasteiger partial charge in [-0.05, 0) is 58.3 Å². The van der Waals surface area contributed by atoms with E-state index in [2.05, 4.69) is 20.8 Å². The Morgan fingerprint density at radius 2 is 1.88 bits per heavy atom. The lowest BCUT2D eigenvalue weighted by molar-refractivity contribution is -0.216. The van der Waals surface area contributed by atoms with E-state index in [0.29, 0.717) is 11.8 Å². The van der Waals surface area contributed by atoms with Crippen molar-refractivity contribution in [3.8, 4) is 0 Å². The second-order valence-electron chi connectivity index (χ2n) is 7.21. The Labute approximate surface area is 104 Å². The molecule has 3 aliphatic rings. The number of allylic oxidation sites excluding steroid dienone is 2. The van der Waals surface area contributed by atoms with Crippen molar-refractivity contribution in [3.05, 3.63) is 11.1 Å². The fourth-order valence-corrected chi connectivity index (χ4v) is 5.26. The maximum Gasteiger partial charge on any atom is 0.0989 e. The second kappa shape index (κ2) is 2.97. The molecule has 3 saturated carbocycles. The fourth-order valence-electron chi connectivity index (χ4n) is 5.26. The minimum absolute atomic E-state index is 0.105. The highest BCUT2D eigenvalue weighted by atomic mass is 16.4. The second-order valence-corrected chi connectivity index (χ2v) is 7.21. The fraction of sp³-hybridized carbons (Fsp3) is 0.867. The van der Waals surface area contributed by atoms with Crippen LogP contribution in [0, 0.1) is 17.3 Å². The van der Waals surface area contributed by atoms with Gasteiger partial charge in [0.05, 0.1) is 11.2 Å². The molecule has 0 spiro atoms. The standard InChI is InChI=1S/C15H24O2/c1-9(2)10-7-13(3)12-5-6-15(13,17)14(4,16)8-11(10)12/h11-12,16-17H,5-8H2,1-4H3/t11-,12-,13+,14+,15+/m0/s1. The van der Waals surface area contributed by atoms with Crippen LogP contribution in [0.4, 0.5) is 0 Å². The van der Waals surface area contributed by atoms with Gasteiger partial charge in [0.15, 0.2) is 0 Å². The van der Waals surface area contributed by atoms with E-state index >= 15 is 0 Å². The summed E-state index contributed by atoms with van der Waals surface area (Å²) in [4.78, 5) is 0. The minimum atomic E-state index is -0.920. The van der Waals surface area contributed by atoms with Crippen molar-refractivity contribution in [2.45, 2.75) is 64.6 Å². The third kappa shape index (κ3) is 1.09. The Hall–Kier alpha value is -0.340. The summed E-state index contributed by atoms with van der Waals surface area (Å²) in [6.45, 7) is 8.38. The highest BCUT2D eigenvalue weighted by Crippen LogP contribution is 2.71. The van der Waals surface area contributed by atoms with Gasteiger partial charge >= 0.3 is 0 Å². The molecule has 4 bridgehead atoms. The molecular formula is C15H24O2. The number of aliphatic hydroxyl groups is 2. The molecule has 0 aromatic carbocycles. The first-order valence-corrected chi connectivity index (χ1v) is 6.84. The summed E-state index contributed by atoms with van der Waals surface area (Å²) in [5, 5.41) is 21.7. The van der Waals surface area contributed by atoms with E-state index in [0.717, 1.165) is 25.7 Å². The normalized spacial score (nSPS) is 56.5. The van der Waals surface area contributed by atoms with Crippen LogP contribution in [0.25, 0.3) is 0 Å². The van der Waals surface area contributed by atoms with Crippen LogP contribution in [-0.4, -0.2) is 21.4 Å². The lowest BCUT2D eigenvalue weighted by Gasteiger charge is -2.52. The third-order valence-electron chi connectivity index (χ3n) is 6.22. The predicted octanol–water partition coefficient (Wildman–Crippen LogP) is 2.64. The molecule has 0 aromatic rings. The van der Waals surface area contributed by atoms with Gasteiger partial charge in [0.1, 0.15) is 0 Å². The average molecular weight is 236 g/mol. The quantitative estimate of drug-likeness (QED) is 0.635. The molecule has 2 N–H and O–H groups in total. The minimum Gasteiger partial charge on any atom is -0.387 e. The molecule has 3 aliphatic carbocycles. The largest absolute Gasteiger partial charge is 0.387 e. The zero-order valence-electron chi connectivity index (χ0n) is 11.4. The number of hydrogen-bond acceptors (Lipinski definition) is 2. The molecule has 0 amide bonds. The molecule has 17 heavy (non-hydrogen) atoms. The van der Waals surface area contributed by atoms with E-state index in [9.17, 15) is 10.2 Å². The topological polar surface area (TPSA) is 40.5 Å². The lowest BCUT2D eigenvalue weighted by Crippen LogP contribution is -2.62. The summed E-state index contributed by atoms with van der Waals surface area (Å²) in [7, 11) is 0. The average Bonchev–Trinajstić information content (AvgIpc) is 2.55. The molecule has 2 heteroatoms. The molecule has 3 rings (SSSR count). The smallest absolute Gasteiger partial charge is 0.0989 e. The van der Waals surface area contributed by atoms with Gasteiger partial charge in [-0.3, -0.25) is 0 Å². The SMILES string of the molecule is CC(C)=C1C[C@]2(C)[C@H]3CC[C@]2(O)[C@](C)(O)C[C@@H]13. The molecule has 0 aliphatic heterocycles. The van der Waals surface area contributed by atoms with E-state index < -0.39 is 11.2 Å². The maximum absolute atomic E-state index is 11.0. The summed E-state index contributed by atoms with van der Waals surface area (Å²) in [6, 6.07) is 0. The van der Waals surface area contributed by atoms with E-state index in [-0.39, 0.29) is 5.41 Å². The van der Waals surface area contributed by atoms with E-state index in [1.165, 1.54) is 11.1 Å². The van der Waals surface area contributed by atoms with Crippen molar-refractivity contribution < 1.29 is 10.2 Å². The van der Waals surface area contributed by atoms with Crippen molar-refractivity contribution in [1.29, 1.82) is 0 Å². The van der Waals surface area contributed by atoms with Crippen LogP contribution in [0.5, 0.6) is 0 Å². The molecule has 0 unspecified atom stereocenters. The van der Waals surface area contributed by atoms with Gasteiger partial charge in [0, 0.05) is 5.41 Å². The summed E-state index contributed by atoms with van der Waals surface area (Å²) in [6.07, 6.45) is 3.57. The first-order chi connectivity index (χ1) is 7.73. The summed E-state index contributed by atoms with van der Waals surface area (Å²) in [5.74, 6) is 1.08. The van der Waals surface area contributed by atoms with Crippen LogP contribution in [-0.2, 0) is 0 Å². The summed E-state index contributed by atoms with van der Waals surface area (Å²) in [5.41, 5.74) is 1.00. The first-order valence-electron chi connectivity index (χ1n) is 6.84. The zero-order valence-corrected chi connectivity index (χ0v) is 11.4. The number of rotatable bonds is 0. The van der Waals surface area contributed by atoms with Gasteiger partial charge in [-0.2, -0.15) is 0 Å². The Morgan fingerprint density at radius 3 is 2.47 bits per heavy atom. The summed E-state index contributed by atoms with van der Waals surface area (Å²) < 4.78 is 0. The van der Waals surface area contributed by atoms with Crippen LogP contribution < -0.4 is 0 Å². The highest BCUT2D eigenvalue weighted by molar-refractivity contribution is 5.35. The van der Waals surface area contributed by atoms with Gasteiger partial charge in [0.25, 0.3) is 0 Å². The van der Waals surface area contributed by atoms with E-state index in [1.54, 1.807) is 0 Å². The van der Waals surface area contributed by atoms with Gasteiger partial charge in [0.2, 0.25) is 0 Å².